The Kier molecular flexibility index (Phi) is 7.83. The van der Waals surface area contributed by atoms with E-state index in [0.29, 0.717) is 19.1 Å². The number of hydrogen-bond acceptors (Lipinski definition) is 4. The molecular weight excluding hydrogens is 144 g/mol. The van der Waals surface area contributed by atoms with Crippen molar-refractivity contribution in [2.75, 3.05) is 32.8 Å². The highest BCUT2D eigenvalue weighted by Crippen LogP contribution is 1.76. The Balaban J connectivity index is 3.02. The molecule has 0 aliphatic rings. The molecule has 0 spiro atoms. The van der Waals surface area contributed by atoms with Crippen molar-refractivity contribution in [1.29, 1.82) is 0 Å². The lowest BCUT2D eigenvalue weighted by atomic mass is 10.3. The van der Waals surface area contributed by atoms with E-state index in [1.165, 1.54) is 0 Å². The maximum atomic E-state index is 8.46. The highest BCUT2D eigenvalue weighted by atomic mass is 16.3. The largest absolute Gasteiger partial charge is 0.395 e. The minimum atomic E-state index is 0.171. The van der Waals surface area contributed by atoms with Gasteiger partial charge in [0.25, 0.3) is 0 Å². The molecule has 11 heavy (non-hydrogen) atoms. The van der Waals surface area contributed by atoms with Crippen LogP contribution in [0.3, 0.4) is 0 Å². The lowest BCUT2D eigenvalue weighted by Gasteiger charge is -2.12. The lowest BCUT2D eigenvalue weighted by Crippen LogP contribution is -2.38. The van der Waals surface area contributed by atoms with Gasteiger partial charge in [0.05, 0.1) is 13.2 Å². The van der Waals surface area contributed by atoms with Gasteiger partial charge in [-0.2, -0.15) is 0 Å². The third kappa shape index (κ3) is 7.74. The van der Waals surface area contributed by atoms with Gasteiger partial charge in [0.1, 0.15) is 0 Å². The smallest absolute Gasteiger partial charge is 0.0556 e. The number of rotatable bonds is 7. The standard InChI is InChI=1S/C7H18N2O2/c1-7(9-3-5-11)6-8-2-4-10/h7-11H,2-6H2,1H3. The molecule has 4 nitrogen and oxygen atoms in total. The van der Waals surface area contributed by atoms with Crippen molar-refractivity contribution in [2.45, 2.75) is 13.0 Å². The van der Waals surface area contributed by atoms with Crippen LogP contribution in [0, 0.1) is 0 Å². The molecule has 4 N–H and O–H groups in total. The number of hydrogen-bond donors (Lipinski definition) is 4. The summed E-state index contributed by atoms with van der Waals surface area (Å²) in [4.78, 5) is 0. The van der Waals surface area contributed by atoms with Crippen molar-refractivity contribution in [3.05, 3.63) is 0 Å². The molecule has 0 aromatic rings. The maximum Gasteiger partial charge on any atom is 0.0556 e. The summed E-state index contributed by atoms with van der Waals surface area (Å²) in [6.45, 7) is 4.45. The van der Waals surface area contributed by atoms with E-state index in [1.54, 1.807) is 0 Å². The van der Waals surface area contributed by atoms with Crippen molar-refractivity contribution >= 4 is 0 Å². The van der Waals surface area contributed by atoms with E-state index in [0.717, 1.165) is 6.54 Å². The monoisotopic (exact) mass is 162 g/mol. The third-order valence-electron chi connectivity index (χ3n) is 1.34. The van der Waals surface area contributed by atoms with Crippen LogP contribution in [0.5, 0.6) is 0 Å². The molecule has 68 valence electrons. The van der Waals surface area contributed by atoms with E-state index in [4.69, 9.17) is 10.2 Å². The predicted octanol–water partition coefficient (Wildman–Crippen LogP) is -1.46. The van der Waals surface area contributed by atoms with Crippen molar-refractivity contribution < 1.29 is 10.2 Å². The first-order chi connectivity index (χ1) is 5.31. The van der Waals surface area contributed by atoms with Gasteiger partial charge in [-0.15, -0.1) is 0 Å². The van der Waals surface area contributed by atoms with Gasteiger partial charge in [0.15, 0.2) is 0 Å². The first kappa shape index (κ1) is 10.8. The Morgan fingerprint density at radius 3 is 2.36 bits per heavy atom. The second kappa shape index (κ2) is 7.94. The second-order valence-corrected chi connectivity index (χ2v) is 2.51. The molecule has 4 heteroatoms. The van der Waals surface area contributed by atoms with E-state index in [2.05, 4.69) is 10.6 Å². The van der Waals surface area contributed by atoms with E-state index in [-0.39, 0.29) is 13.2 Å². The average Bonchev–Trinajstić information content (AvgIpc) is 2.01. The molecule has 0 saturated carbocycles. The minimum Gasteiger partial charge on any atom is -0.395 e. The molecule has 0 aliphatic heterocycles. The fraction of sp³-hybridized carbons (Fsp3) is 1.00. The summed E-state index contributed by atoms with van der Waals surface area (Å²) in [6.07, 6.45) is 0. The molecule has 1 unspecified atom stereocenters. The SMILES string of the molecule is CC(CNCCO)NCCO. The number of nitrogens with one attached hydrogen (secondary N) is 2. The summed E-state index contributed by atoms with van der Waals surface area (Å²) in [5.41, 5.74) is 0. The summed E-state index contributed by atoms with van der Waals surface area (Å²) in [5, 5.41) is 23.0. The molecule has 0 aromatic carbocycles. The molecule has 0 radical (unpaired) electrons. The van der Waals surface area contributed by atoms with Gasteiger partial charge in [-0.3, -0.25) is 0 Å². The van der Waals surface area contributed by atoms with E-state index in [1.807, 2.05) is 6.92 Å². The van der Waals surface area contributed by atoms with Gasteiger partial charge in [-0.25, -0.2) is 0 Å². The first-order valence-electron chi connectivity index (χ1n) is 3.97. The summed E-state index contributed by atoms with van der Waals surface area (Å²) >= 11 is 0. The minimum absolute atomic E-state index is 0.171. The number of aliphatic hydroxyl groups is 2. The highest BCUT2D eigenvalue weighted by Gasteiger charge is 1.97. The molecule has 0 amide bonds. The van der Waals surface area contributed by atoms with Crippen molar-refractivity contribution in [3.8, 4) is 0 Å². The van der Waals surface area contributed by atoms with Gasteiger partial charge in [0.2, 0.25) is 0 Å². The molecule has 0 fully saturated rings. The van der Waals surface area contributed by atoms with Crippen molar-refractivity contribution in [3.63, 3.8) is 0 Å². The third-order valence-corrected chi connectivity index (χ3v) is 1.34. The van der Waals surface area contributed by atoms with Crippen LogP contribution in [0.1, 0.15) is 6.92 Å². The van der Waals surface area contributed by atoms with E-state index < -0.39 is 0 Å². The van der Waals surface area contributed by atoms with Crippen LogP contribution in [-0.4, -0.2) is 49.1 Å². The number of aliphatic hydroxyl groups excluding tert-OH is 2. The maximum absolute atomic E-state index is 8.46. The molecule has 1 atom stereocenters. The Hall–Kier alpha value is -0.160. The van der Waals surface area contributed by atoms with Crippen LogP contribution in [-0.2, 0) is 0 Å². The quantitative estimate of drug-likeness (QED) is 0.345. The lowest BCUT2D eigenvalue weighted by molar-refractivity contribution is 0.277. The van der Waals surface area contributed by atoms with Crippen LogP contribution in [0.25, 0.3) is 0 Å². The highest BCUT2D eigenvalue weighted by molar-refractivity contribution is 4.62. The first-order valence-corrected chi connectivity index (χ1v) is 3.97. The molecule has 0 saturated heterocycles. The van der Waals surface area contributed by atoms with Crippen molar-refractivity contribution in [1.82, 2.24) is 10.6 Å². The van der Waals surface area contributed by atoms with E-state index >= 15 is 0 Å². The van der Waals surface area contributed by atoms with Gasteiger partial charge in [0, 0.05) is 25.7 Å². The Morgan fingerprint density at radius 2 is 1.82 bits per heavy atom. The average molecular weight is 162 g/mol. The molecule has 0 aliphatic carbocycles. The van der Waals surface area contributed by atoms with Gasteiger partial charge >= 0.3 is 0 Å². The van der Waals surface area contributed by atoms with Gasteiger partial charge < -0.3 is 20.8 Å². The molecule has 0 rings (SSSR count). The van der Waals surface area contributed by atoms with Crippen LogP contribution in [0.2, 0.25) is 0 Å². The Labute approximate surface area is 67.6 Å². The normalized spacial score (nSPS) is 13.4. The fourth-order valence-electron chi connectivity index (χ4n) is 0.781. The summed E-state index contributed by atoms with van der Waals surface area (Å²) in [7, 11) is 0. The summed E-state index contributed by atoms with van der Waals surface area (Å²) in [5.74, 6) is 0. The van der Waals surface area contributed by atoms with Crippen LogP contribution in [0.15, 0.2) is 0 Å². The van der Waals surface area contributed by atoms with Gasteiger partial charge in [-0.1, -0.05) is 0 Å². The molecule has 0 bridgehead atoms. The molecular formula is C7H18N2O2. The predicted molar refractivity (Wildman–Crippen MR) is 44.5 cm³/mol. The summed E-state index contributed by atoms with van der Waals surface area (Å²) in [6, 6.07) is 0.341. The Morgan fingerprint density at radius 1 is 1.18 bits per heavy atom. The van der Waals surface area contributed by atoms with Crippen LogP contribution >= 0.6 is 0 Å². The van der Waals surface area contributed by atoms with E-state index in [9.17, 15) is 0 Å². The molecule has 0 aromatic heterocycles. The molecule has 0 heterocycles. The van der Waals surface area contributed by atoms with Gasteiger partial charge in [-0.05, 0) is 6.92 Å². The Bertz CT molecular complexity index is 80.8. The zero-order valence-electron chi connectivity index (χ0n) is 7.01. The second-order valence-electron chi connectivity index (χ2n) is 2.51. The zero-order valence-corrected chi connectivity index (χ0v) is 7.01. The zero-order chi connectivity index (χ0) is 8.53. The summed E-state index contributed by atoms with van der Waals surface area (Å²) < 4.78 is 0. The topological polar surface area (TPSA) is 64.5 Å². The van der Waals surface area contributed by atoms with Crippen LogP contribution in [0.4, 0.5) is 0 Å². The van der Waals surface area contributed by atoms with Crippen molar-refractivity contribution in [2.24, 2.45) is 0 Å². The van der Waals surface area contributed by atoms with Crippen LogP contribution < -0.4 is 10.6 Å². The fourth-order valence-corrected chi connectivity index (χ4v) is 0.781.